The van der Waals surface area contributed by atoms with Crippen molar-refractivity contribution in [2.45, 2.75) is 12.5 Å². The first-order valence-corrected chi connectivity index (χ1v) is 8.40. The lowest BCUT2D eigenvalue weighted by atomic mass is 10.3. The molecule has 0 spiro atoms. The first-order valence-electron chi connectivity index (χ1n) is 8.02. The van der Waals surface area contributed by atoms with Gasteiger partial charge in [0.25, 0.3) is 6.43 Å². The number of nitrogens with zero attached hydrogens (tertiary/aromatic N) is 6. The van der Waals surface area contributed by atoms with Gasteiger partial charge in [-0.2, -0.15) is 5.10 Å². The number of rotatable bonds is 5. The molecule has 28 heavy (non-hydrogen) atoms. The molecule has 0 aliphatic carbocycles. The van der Waals surface area contributed by atoms with Gasteiger partial charge in [0.05, 0.1) is 19.0 Å². The summed E-state index contributed by atoms with van der Waals surface area (Å²) >= 11 is 6.21. The van der Waals surface area contributed by atoms with Crippen LogP contribution in [0.15, 0.2) is 24.8 Å². The molecule has 4 heterocycles. The molecule has 12 heteroatoms. The number of aromatic nitrogens is 7. The molecule has 2 N–H and O–H groups in total. The number of nitrogens with one attached hydrogen (secondary N) is 1. The van der Waals surface area contributed by atoms with Crippen LogP contribution >= 0.6 is 11.6 Å². The number of pyridine rings is 1. The number of ether oxygens (including phenoxy) is 1. The number of aliphatic hydroxyl groups is 1. The molecule has 4 aromatic rings. The van der Waals surface area contributed by atoms with Crippen LogP contribution in [-0.2, 0) is 7.05 Å². The zero-order chi connectivity index (χ0) is 20.0. The number of aromatic amines is 1. The Kier molecular flexibility index (Phi) is 4.47. The quantitative estimate of drug-likeness (QED) is 0.524. The highest BCUT2D eigenvalue weighted by Gasteiger charge is 2.27. The van der Waals surface area contributed by atoms with E-state index < -0.39 is 12.5 Å². The Hall–Kier alpha value is -3.05. The van der Waals surface area contributed by atoms with Gasteiger partial charge in [-0.1, -0.05) is 11.6 Å². The number of aliphatic hydroxyl groups excluding tert-OH is 1. The SMILES string of the molecule is COc1nc2c(-n3ccnc3)c(-c3n[nH]c([C@H](O)C(F)F)n3)n(C)c2cc1Cl. The standard InChI is InChI=1S/C16H14ClF2N7O2/c1-25-8-5-7(17)16(28-2)21-9(8)10(26-4-3-20-6-26)11(25)14-22-15(24-23-14)12(27)13(18)19/h3-6,12-13,27H,1-2H3,(H,22,23,24)/t12-/m1/s1. The predicted octanol–water partition coefficient (Wildman–Crippen LogP) is 2.50. The van der Waals surface area contributed by atoms with Crippen LogP contribution in [0.1, 0.15) is 11.9 Å². The van der Waals surface area contributed by atoms with Crippen molar-refractivity contribution in [2.24, 2.45) is 7.05 Å². The molecule has 4 rings (SSSR count). The van der Waals surface area contributed by atoms with E-state index >= 15 is 0 Å². The van der Waals surface area contributed by atoms with Crippen molar-refractivity contribution in [3.05, 3.63) is 35.6 Å². The largest absolute Gasteiger partial charge is 0.480 e. The summed E-state index contributed by atoms with van der Waals surface area (Å²) in [4.78, 5) is 12.6. The Morgan fingerprint density at radius 3 is 2.75 bits per heavy atom. The highest BCUT2D eigenvalue weighted by atomic mass is 35.5. The number of hydrogen-bond donors (Lipinski definition) is 2. The molecule has 1 atom stereocenters. The Morgan fingerprint density at radius 2 is 2.11 bits per heavy atom. The molecule has 0 aromatic carbocycles. The number of alkyl halides is 2. The second-order valence-corrected chi connectivity index (χ2v) is 6.30. The summed E-state index contributed by atoms with van der Waals surface area (Å²) in [6.45, 7) is 0. The highest BCUT2D eigenvalue weighted by molar-refractivity contribution is 6.32. The van der Waals surface area contributed by atoms with Gasteiger partial charge in [-0.25, -0.2) is 23.7 Å². The fourth-order valence-corrected chi connectivity index (χ4v) is 3.17. The van der Waals surface area contributed by atoms with Gasteiger partial charge in [-0.3, -0.25) is 5.10 Å². The molecule has 9 nitrogen and oxygen atoms in total. The van der Waals surface area contributed by atoms with E-state index in [1.807, 2.05) is 0 Å². The summed E-state index contributed by atoms with van der Waals surface area (Å²) in [5.74, 6) is 0.000814. The van der Waals surface area contributed by atoms with Crippen LogP contribution in [0.2, 0.25) is 5.02 Å². The summed E-state index contributed by atoms with van der Waals surface area (Å²) < 4.78 is 34.2. The Balaban J connectivity index is 2.00. The minimum atomic E-state index is -2.99. The van der Waals surface area contributed by atoms with Crippen LogP contribution in [0.25, 0.3) is 28.2 Å². The van der Waals surface area contributed by atoms with Gasteiger partial charge in [-0.05, 0) is 6.07 Å². The third kappa shape index (κ3) is 2.79. The lowest BCUT2D eigenvalue weighted by Crippen LogP contribution is -2.09. The molecule has 0 aliphatic heterocycles. The third-order valence-electron chi connectivity index (χ3n) is 4.26. The maximum atomic E-state index is 12.8. The van der Waals surface area contributed by atoms with Gasteiger partial charge in [0.15, 0.2) is 17.8 Å². The Bertz CT molecular complexity index is 1140. The van der Waals surface area contributed by atoms with Gasteiger partial charge < -0.3 is 19.0 Å². The second-order valence-electron chi connectivity index (χ2n) is 5.90. The fraction of sp³-hybridized carbons (Fsp3) is 0.250. The molecule has 0 unspecified atom stereocenters. The van der Waals surface area contributed by atoms with Crippen LogP contribution in [0, 0.1) is 0 Å². The molecule has 146 valence electrons. The van der Waals surface area contributed by atoms with Crippen molar-refractivity contribution < 1.29 is 18.6 Å². The van der Waals surface area contributed by atoms with Crippen molar-refractivity contribution >= 4 is 22.6 Å². The topological polar surface area (TPSA) is 107 Å². The number of hydrogen-bond acceptors (Lipinski definition) is 6. The first-order chi connectivity index (χ1) is 13.4. The number of methoxy groups -OCH3 is 1. The van der Waals surface area contributed by atoms with E-state index in [0.29, 0.717) is 27.4 Å². The number of H-pyrrole nitrogens is 1. The number of imidazole rings is 1. The lowest BCUT2D eigenvalue weighted by molar-refractivity contribution is -0.0106. The second kappa shape index (κ2) is 6.84. The zero-order valence-corrected chi connectivity index (χ0v) is 15.4. The number of fused-ring (bicyclic) bond motifs is 1. The fourth-order valence-electron chi connectivity index (χ4n) is 2.95. The predicted molar refractivity (Wildman–Crippen MR) is 95.7 cm³/mol. The molecule has 0 saturated carbocycles. The van der Waals surface area contributed by atoms with E-state index in [4.69, 9.17) is 16.3 Å². The average Bonchev–Trinajstić information content (AvgIpc) is 3.40. The molecule has 0 fully saturated rings. The summed E-state index contributed by atoms with van der Waals surface area (Å²) in [7, 11) is 3.19. The van der Waals surface area contributed by atoms with Gasteiger partial charge in [-0.15, -0.1) is 0 Å². The van der Waals surface area contributed by atoms with Gasteiger partial charge in [0.1, 0.15) is 21.9 Å². The third-order valence-corrected chi connectivity index (χ3v) is 4.53. The summed E-state index contributed by atoms with van der Waals surface area (Å²) in [6.07, 6.45) is -0.225. The molecule has 0 bridgehead atoms. The van der Waals surface area contributed by atoms with Crippen molar-refractivity contribution in [3.63, 3.8) is 0 Å². The van der Waals surface area contributed by atoms with E-state index in [9.17, 15) is 13.9 Å². The summed E-state index contributed by atoms with van der Waals surface area (Å²) in [5, 5.41) is 16.2. The van der Waals surface area contributed by atoms with Gasteiger partial charge in [0.2, 0.25) is 5.88 Å². The van der Waals surface area contributed by atoms with Crippen LogP contribution in [0.5, 0.6) is 5.88 Å². The zero-order valence-electron chi connectivity index (χ0n) is 14.6. The molecule has 0 amide bonds. The van der Waals surface area contributed by atoms with Crippen LogP contribution < -0.4 is 4.74 Å². The van der Waals surface area contributed by atoms with Crippen molar-refractivity contribution in [2.75, 3.05) is 7.11 Å². The van der Waals surface area contributed by atoms with Crippen LogP contribution in [0.4, 0.5) is 8.78 Å². The Labute approximate surface area is 161 Å². The highest BCUT2D eigenvalue weighted by Crippen LogP contribution is 2.37. The van der Waals surface area contributed by atoms with Crippen molar-refractivity contribution in [1.82, 2.24) is 34.3 Å². The van der Waals surface area contributed by atoms with Crippen molar-refractivity contribution in [3.8, 4) is 23.1 Å². The molecule has 0 aliphatic rings. The van der Waals surface area contributed by atoms with E-state index in [2.05, 4.69) is 25.1 Å². The first kappa shape index (κ1) is 18.3. The average molecular weight is 410 g/mol. The molecular weight excluding hydrogens is 396 g/mol. The minimum Gasteiger partial charge on any atom is -0.480 e. The lowest BCUT2D eigenvalue weighted by Gasteiger charge is -2.05. The van der Waals surface area contributed by atoms with Gasteiger partial charge >= 0.3 is 0 Å². The molecule has 0 saturated heterocycles. The summed E-state index contributed by atoms with van der Waals surface area (Å²) in [6, 6.07) is 1.67. The maximum absolute atomic E-state index is 12.8. The van der Waals surface area contributed by atoms with Crippen molar-refractivity contribution in [1.29, 1.82) is 0 Å². The van der Waals surface area contributed by atoms with E-state index in [1.165, 1.54) is 7.11 Å². The molecule has 4 aromatic heterocycles. The minimum absolute atomic E-state index is 0.106. The maximum Gasteiger partial charge on any atom is 0.271 e. The monoisotopic (exact) mass is 409 g/mol. The smallest absolute Gasteiger partial charge is 0.271 e. The number of aryl methyl sites for hydroxylation is 1. The molecule has 0 radical (unpaired) electrons. The number of halogens is 3. The normalized spacial score (nSPS) is 12.8. The summed E-state index contributed by atoms with van der Waals surface area (Å²) in [5.41, 5.74) is 2.19. The van der Waals surface area contributed by atoms with E-state index in [1.54, 1.807) is 41.0 Å². The van der Waals surface area contributed by atoms with Crippen LogP contribution in [0.3, 0.4) is 0 Å². The Morgan fingerprint density at radius 1 is 1.32 bits per heavy atom. The van der Waals surface area contributed by atoms with E-state index in [0.717, 1.165) is 0 Å². The van der Waals surface area contributed by atoms with Gasteiger partial charge in [0, 0.05) is 19.4 Å². The van der Waals surface area contributed by atoms with E-state index in [-0.39, 0.29) is 17.5 Å². The molecular formula is C16H14ClF2N7O2. The van der Waals surface area contributed by atoms with Crippen LogP contribution in [-0.4, -0.2) is 52.9 Å².